The van der Waals surface area contributed by atoms with Crippen molar-refractivity contribution in [2.24, 2.45) is 0 Å². The number of hydrogen-bond acceptors (Lipinski definition) is 2. The van der Waals surface area contributed by atoms with Gasteiger partial charge in [0, 0.05) is 12.6 Å². The van der Waals surface area contributed by atoms with Crippen LogP contribution >= 0.6 is 0 Å². The normalized spacial score (nSPS) is 12.3. The summed E-state index contributed by atoms with van der Waals surface area (Å²) in [4.78, 5) is 24.6. The van der Waals surface area contributed by atoms with Gasteiger partial charge in [-0.3, -0.25) is 0 Å². The maximum atomic E-state index is 12.0. The number of amides is 2. The molecular weight excluding hydrogens is 232 g/mol. The molecule has 0 radical (unpaired) electrons. The molecule has 0 saturated carbocycles. The summed E-state index contributed by atoms with van der Waals surface area (Å²) in [6.07, 6.45) is 3.51. The summed E-state index contributed by atoms with van der Waals surface area (Å²) in [7, 11) is 0. The van der Waals surface area contributed by atoms with E-state index < -0.39 is 12.0 Å². The van der Waals surface area contributed by atoms with Crippen molar-refractivity contribution in [1.29, 1.82) is 0 Å². The molecule has 0 aromatic carbocycles. The summed E-state index contributed by atoms with van der Waals surface area (Å²) in [6, 6.07) is -1.01. The van der Waals surface area contributed by atoms with Crippen LogP contribution in [0.4, 0.5) is 4.79 Å². The second-order valence-electron chi connectivity index (χ2n) is 4.74. The predicted molar refractivity (Wildman–Crippen MR) is 71.6 cm³/mol. The third-order valence-electron chi connectivity index (χ3n) is 2.89. The van der Waals surface area contributed by atoms with Gasteiger partial charge in [0.2, 0.25) is 0 Å². The number of hydrogen-bond donors (Lipinski definition) is 2. The number of carboxylic acid groups (broad SMARTS) is 1. The van der Waals surface area contributed by atoms with Crippen molar-refractivity contribution in [1.82, 2.24) is 10.2 Å². The molecule has 0 bridgehead atoms. The van der Waals surface area contributed by atoms with Gasteiger partial charge in [-0.05, 0) is 26.7 Å². The molecule has 5 heteroatoms. The van der Waals surface area contributed by atoms with Crippen molar-refractivity contribution in [3.05, 3.63) is 0 Å². The predicted octanol–water partition coefficient (Wildman–Crippen LogP) is 2.46. The quantitative estimate of drug-likeness (QED) is 0.657. The van der Waals surface area contributed by atoms with Gasteiger partial charge in [0.1, 0.15) is 6.04 Å². The second kappa shape index (κ2) is 8.78. The molecule has 0 aliphatic rings. The summed E-state index contributed by atoms with van der Waals surface area (Å²) >= 11 is 0. The van der Waals surface area contributed by atoms with Crippen molar-refractivity contribution in [3.63, 3.8) is 0 Å². The van der Waals surface area contributed by atoms with Gasteiger partial charge < -0.3 is 15.3 Å². The van der Waals surface area contributed by atoms with Crippen LogP contribution in [0, 0.1) is 0 Å². The molecule has 1 atom stereocenters. The van der Waals surface area contributed by atoms with E-state index in [0.717, 1.165) is 19.3 Å². The standard InChI is InChI=1S/C13H26N2O3/c1-5-7-8-9-15(10(3)4)13(18)14-11(6-2)12(16)17/h10-11H,5-9H2,1-4H3,(H,14,18)(H,16,17). The van der Waals surface area contributed by atoms with Crippen LogP contribution in [0.1, 0.15) is 53.4 Å². The number of unbranched alkanes of at least 4 members (excludes halogenated alkanes) is 2. The number of nitrogens with one attached hydrogen (secondary N) is 1. The Balaban J connectivity index is 4.42. The molecule has 0 saturated heterocycles. The van der Waals surface area contributed by atoms with Gasteiger partial charge in [-0.15, -0.1) is 0 Å². The van der Waals surface area contributed by atoms with Crippen molar-refractivity contribution in [2.75, 3.05) is 6.54 Å². The molecule has 2 amide bonds. The number of carbonyl (C=O) groups excluding carboxylic acids is 1. The zero-order chi connectivity index (χ0) is 14.1. The Kier molecular flexibility index (Phi) is 8.16. The number of carbonyl (C=O) groups is 2. The van der Waals surface area contributed by atoms with Crippen molar-refractivity contribution in [2.45, 2.75) is 65.5 Å². The van der Waals surface area contributed by atoms with Crippen molar-refractivity contribution < 1.29 is 14.7 Å². The van der Waals surface area contributed by atoms with Crippen LogP contribution in [0.2, 0.25) is 0 Å². The molecule has 0 aromatic rings. The lowest BCUT2D eigenvalue weighted by Gasteiger charge is -2.28. The molecule has 2 N–H and O–H groups in total. The van der Waals surface area contributed by atoms with E-state index >= 15 is 0 Å². The van der Waals surface area contributed by atoms with Crippen LogP contribution in [-0.2, 0) is 4.79 Å². The number of aliphatic carboxylic acids is 1. The molecule has 0 aromatic heterocycles. The smallest absolute Gasteiger partial charge is 0.326 e. The zero-order valence-electron chi connectivity index (χ0n) is 11.9. The fourth-order valence-electron chi connectivity index (χ4n) is 1.70. The third kappa shape index (κ3) is 5.89. The average molecular weight is 258 g/mol. The molecule has 0 aliphatic carbocycles. The number of nitrogens with zero attached hydrogens (tertiary/aromatic N) is 1. The summed E-state index contributed by atoms with van der Waals surface area (Å²) in [5, 5.41) is 11.5. The van der Waals surface area contributed by atoms with Crippen molar-refractivity contribution >= 4 is 12.0 Å². The molecule has 5 nitrogen and oxygen atoms in total. The average Bonchev–Trinajstić information content (AvgIpc) is 2.30. The summed E-state index contributed by atoms with van der Waals surface area (Å²) in [6.45, 7) is 8.40. The largest absolute Gasteiger partial charge is 0.480 e. The fraction of sp³-hybridized carbons (Fsp3) is 0.846. The van der Waals surface area contributed by atoms with Crippen LogP contribution in [0.3, 0.4) is 0 Å². The minimum Gasteiger partial charge on any atom is -0.480 e. The van der Waals surface area contributed by atoms with E-state index in [9.17, 15) is 9.59 Å². The van der Waals surface area contributed by atoms with Gasteiger partial charge in [0.25, 0.3) is 0 Å². The molecule has 0 fully saturated rings. The van der Waals surface area contributed by atoms with E-state index in [2.05, 4.69) is 12.2 Å². The number of rotatable bonds is 8. The van der Waals surface area contributed by atoms with Crippen LogP contribution < -0.4 is 5.32 Å². The van der Waals surface area contributed by atoms with E-state index in [1.54, 1.807) is 11.8 Å². The van der Waals surface area contributed by atoms with E-state index in [4.69, 9.17) is 5.11 Å². The van der Waals surface area contributed by atoms with Gasteiger partial charge in [-0.25, -0.2) is 9.59 Å². The number of urea groups is 1. The third-order valence-corrected chi connectivity index (χ3v) is 2.89. The Morgan fingerprint density at radius 3 is 2.22 bits per heavy atom. The highest BCUT2D eigenvalue weighted by molar-refractivity contribution is 5.82. The molecule has 106 valence electrons. The monoisotopic (exact) mass is 258 g/mol. The summed E-state index contributed by atoms with van der Waals surface area (Å²) < 4.78 is 0. The SMILES string of the molecule is CCCCCN(C(=O)NC(CC)C(=O)O)C(C)C. The highest BCUT2D eigenvalue weighted by atomic mass is 16.4. The molecule has 0 heterocycles. The Morgan fingerprint density at radius 1 is 1.22 bits per heavy atom. The maximum Gasteiger partial charge on any atom is 0.326 e. The highest BCUT2D eigenvalue weighted by Gasteiger charge is 2.22. The lowest BCUT2D eigenvalue weighted by Crippen LogP contribution is -2.50. The van der Waals surface area contributed by atoms with Gasteiger partial charge in [-0.1, -0.05) is 26.7 Å². The Morgan fingerprint density at radius 2 is 1.83 bits per heavy atom. The maximum absolute atomic E-state index is 12.0. The van der Waals surface area contributed by atoms with Gasteiger partial charge in [-0.2, -0.15) is 0 Å². The van der Waals surface area contributed by atoms with Crippen LogP contribution in [0.15, 0.2) is 0 Å². The van der Waals surface area contributed by atoms with E-state index in [1.807, 2.05) is 13.8 Å². The van der Waals surface area contributed by atoms with Crippen molar-refractivity contribution in [3.8, 4) is 0 Å². The summed E-state index contributed by atoms with van der Waals surface area (Å²) in [5.74, 6) is -0.983. The van der Waals surface area contributed by atoms with Crippen LogP contribution in [-0.4, -0.2) is 40.6 Å². The van der Waals surface area contributed by atoms with E-state index in [-0.39, 0.29) is 12.1 Å². The van der Waals surface area contributed by atoms with Gasteiger partial charge >= 0.3 is 12.0 Å². The van der Waals surface area contributed by atoms with Gasteiger partial charge in [0.05, 0.1) is 0 Å². The Bertz CT molecular complexity index is 267. The molecule has 1 unspecified atom stereocenters. The van der Waals surface area contributed by atoms with E-state index in [1.165, 1.54) is 0 Å². The first-order valence-corrected chi connectivity index (χ1v) is 6.73. The second-order valence-corrected chi connectivity index (χ2v) is 4.74. The highest BCUT2D eigenvalue weighted by Crippen LogP contribution is 2.05. The minimum absolute atomic E-state index is 0.0770. The Hall–Kier alpha value is -1.26. The van der Waals surface area contributed by atoms with Crippen LogP contribution in [0.25, 0.3) is 0 Å². The first-order chi connectivity index (χ1) is 8.43. The molecular formula is C13H26N2O3. The fourth-order valence-corrected chi connectivity index (χ4v) is 1.70. The molecule has 18 heavy (non-hydrogen) atoms. The molecule has 0 spiro atoms. The number of carboxylic acids is 1. The lowest BCUT2D eigenvalue weighted by molar-refractivity contribution is -0.139. The first-order valence-electron chi connectivity index (χ1n) is 6.73. The first kappa shape index (κ1) is 16.7. The molecule has 0 rings (SSSR count). The van der Waals surface area contributed by atoms with E-state index in [0.29, 0.717) is 13.0 Å². The summed E-state index contributed by atoms with van der Waals surface area (Å²) in [5.41, 5.74) is 0. The lowest BCUT2D eigenvalue weighted by atomic mass is 10.2. The topological polar surface area (TPSA) is 69.6 Å². The van der Waals surface area contributed by atoms with Crippen LogP contribution in [0.5, 0.6) is 0 Å². The minimum atomic E-state index is -0.983. The zero-order valence-corrected chi connectivity index (χ0v) is 11.9. The van der Waals surface area contributed by atoms with Gasteiger partial charge in [0.15, 0.2) is 0 Å². The Labute approximate surface area is 110 Å². The molecule has 0 aliphatic heterocycles.